The summed E-state index contributed by atoms with van der Waals surface area (Å²) in [5.41, 5.74) is 5.25. The molecular formula is C25H23N2+. The van der Waals surface area contributed by atoms with Crippen molar-refractivity contribution in [2.75, 3.05) is 0 Å². The van der Waals surface area contributed by atoms with Gasteiger partial charge in [0.25, 0.3) is 0 Å². The summed E-state index contributed by atoms with van der Waals surface area (Å²) in [4.78, 5) is 0. The van der Waals surface area contributed by atoms with E-state index in [0.29, 0.717) is 0 Å². The molecule has 1 aromatic heterocycles. The molecule has 1 heterocycles. The van der Waals surface area contributed by atoms with E-state index >= 15 is 0 Å². The number of pyridine rings is 1. The van der Waals surface area contributed by atoms with Crippen molar-refractivity contribution < 1.29 is 4.57 Å². The minimum Gasteiger partial charge on any atom is -0.197 e. The van der Waals surface area contributed by atoms with Gasteiger partial charge in [-0.1, -0.05) is 48.5 Å². The first-order valence-electron chi connectivity index (χ1n) is 9.26. The molecule has 0 spiro atoms. The molecule has 0 bridgehead atoms. The molecule has 0 aliphatic rings. The minimum absolute atomic E-state index is 0.568. The first-order chi connectivity index (χ1) is 12.9. The fourth-order valence-corrected chi connectivity index (χ4v) is 3.97. The molecule has 0 aliphatic carbocycles. The highest BCUT2D eigenvalue weighted by Crippen LogP contribution is 2.35. The predicted octanol–water partition coefficient (Wildman–Crippen LogP) is 5.59. The van der Waals surface area contributed by atoms with Gasteiger partial charge in [0, 0.05) is 12.1 Å². The molecule has 0 unspecified atom stereocenters. The van der Waals surface area contributed by atoms with Crippen LogP contribution in [0.4, 0.5) is 0 Å². The van der Waals surface area contributed by atoms with Gasteiger partial charge in [0.15, 0.2) is 0 Å². The van der Waals surface area contributed by atoms with Crippen LogP contribution in [0.3, 0.4) is 0 Å². The summed E-state index contributed by atoms with van der Waals surface area (Å²) < 4.78 is 2.25. The van der Waals surface area contributed by atoms with E-state index in [1.807, 2.05) is 19.9 Å². The molecule has 0 saturated heterocycles. The minimum atomic E-state index is -0.568. The Kier molecular flexibility index (Phi) is 3.97. The van der Waals surface area contributed by atoms with E-state index in [0.717, 1.165) is 22.2 Å². The van der Waals surface area contributed by atoms with Gasteiger partial charge in [0.1, 0.15) is 7.05 Å². The first kappa shape index (κ1) is 17.2. The Balaban J connectivity index is 2.18. The number of hydrogen-bond donors (Lipinski definition) is 0. The average molecular weight is 351 g/mol. The number of nitriles is 1. The number of fused-ring (bicyclic) bond motifs is 2. The van der Waals surface area contributed by atoms with Crippen LogP contribution in [0, 0.1) is 18.3 Å². The third-order valence-corrected chi connectivity index (χ3v) is 5.54. The van der Waals surface area contributed by atoms with Gasteiger partial charge < -0.3 is 0 Å². The summed E-state index contributed by atoms with van der Waals surface area (Å²) in [6, 6.07) is 25.9. The largest absolute Gasteiger partial charge is 0.214 e. The van der Waals surface area contributed by atoms with Crippen molar-refractivity contribution in [3.8, 4) is 17.3 Å². The molecule has 0 N–H and O–H groups in total. The molecule has 0 radical (unpaired) electrons. The van der Waals surface area contributed by atoms with Crippen molar-refractivity contribution in [3.63, 3.8) is 0 Å². The van der Waals surface area contributed by atoms with Crippen LogP contribution in [0.5, 0.6) is 0 Å². The third-order valence-electron chi connectivity index (χ3n) is 5.54. The number of para-hydroxylation sites is 1. The normalized spacial score (nSPS) is 11.7. The smallest absolute Gasteiger partial charge is 0.197 e. The molecule has 132 valence electrons. The Hall–Kier alpha value is -3.18. The van der Waals surface area contributed by atoms with Gasteiger partial charge in [0.05, 0.1) is 22.4 Å². The number of benzene rings is 3. The lowest BCUT2D eigenvalue weighted by Gasteiger charge is -2.19. The highest BCUT2D eigenvalue weighted by Gasteiger charge is 2.29. The Morgan fingerprint density at radius 2 is 1.56 bits per heavy atom. The zero-order valence-corrected chi connectivity index (χ0v) is 16.2. The zero-order valence-electron chi connectivity index (χ0n) is 16.2. The van der Waals surface area contributed by atoms with Gasteiger partial charge in [-0.3, -0.25) is 0 Å². The molecule has 0 amide bonds. The number of aromatic nitrogens is 1. The Morgan fingerprint density at radius 3 is 2.30 bits per heavy atom. The van der Waals surface area contributed by atoms with Crippen molar-refractivity contribution in [3.05, 3.63) is 77.9 Å². The summed E-state index contributed by atoms with van der Waals surface area (Å²) in [7, 11) is 2.11. The summed E-state index contributed by atoms with van der Waals surface area (Å²) in [5, 5.41) is 13.4. The second-order valence-electron chi connectivity index (χ2n) is 7.73. The third kappa shape index (κ3) is 2.67. The molecule has 0 aliphatic heterocycles. The maximum Gasteiger partial charge on any atom is 0.214 e. The number of nitrogens with zero attached hydrogens (tertiary/aromatic N) is 2. The number of aryl methyl sites for hydroxylation is 2. The Bertz CT molecular complexity index is 1230. The van der Waals surface area contributed by atoms with Gasteiger partial charge in [-0.05, 0) is 48.7 Å². The Morgan fingerprint density at radius 1 is 0.889 bits per heavy atom. The van der Waals surface area contributed by atoms with E-state index < -0.39 is 5.41 Å². The lowest BCUT2D eigenvalue weighted by Crippen LogP contribution is -2.34. The van der Waals surface area contributed by atoms with E-state index in [-0.39, 0.29) is 0 Å². The van der Waals surface area contributed by atoms with Gasteiger partial charge in [-0.15, -0.1) is 0 Å². The van der Waals surface area contributed by atoms with Gasteiger partial charge >= 0.3 is 0 Å². The van der Waals surface area contributed by atoms with Crippen LogP contribution in [0.15, 0.2) is 66.7 Å². The molecule has 4 rings (SSSR count). The molecule has 2 nitrogen and oxygen atoms in total. The van der Waals surface area contributed by atoms with Gasteiger partial charge in [0.2, 0.25) is 11.2 Å². The maximum absolute atomic E-state index is 9.81. The molecule has 0 atom stereocenters. The van der Waals surface area contributed by atoms with E-state index in [1.54, 1.807) is 0 Å². The Labute approximate surface area is 160 Å². The second-order valence-corrected chi connectivity index (χ2v) is 7.73. The van der Waals surface area contributed by atoms with E-state index in [9.17, 15) is 5.26 Å². The molecule has 3 aromatic carbocycles. The summed E-state index contributed by atoms with van der Waals surface area (Å²) in [6.45, 7) is 6.15. The topological polar surface area (TPSA) is 27.7 Å². The molecule has 2 heteroatoms. The lowest BCUT2D eigenvalue weighted by molar-refractivity contribution is -0.633. The molecule has 4 aromatic rings. The van der Waals surface area contributed by atoms with Crippen LogP contribution in [0.2, 0.25) is 0 Å². The van der Waals surface area contributed by atoms with Gasteiger partial charge in [-0.2, -0.15) is 9.83 Å². The van der Waals surface area contributed by atoms with Crippen molar-refractivity contribution in [1.29, 1.82) is 5.26 Å². The molecule has 27 heavy (non-hydrogen) atoms. The highest BCUT2D eigenvalue weighted by molar-refractivity contribution is 5.97. The maximum atomic E-state index is 9.81. The molecular weight excluding hydrogens is 328 g/mol. The predicted molar refractivity (Wildman–Crippen MR) is 111 cm³/mol. The fraction of sp³-hybridized carbons (Fsp3) is 0.200. The quantitative estimate of drug-likeness (QED) is 0.432. The summed E-state index contributed by atoms with van der Waals surface area (Å²) in [6.07, 6.45) is 0. The summed E-state index contributed by atoms with van der Waals surface area (Å²) in [5.74, 6) is 0. The SMILES string of the molecule is Cc1ccc2ccccc2c1-c1cc(C(C)(C)C#N)c2ccccc2[n+]1C. The molecule has 0 saturated carbocycles. The van der Waals surface area contributed by atoms with Crippen molar-refractivity contribution >= 4 is 21.7 Å². The zero-order chi connectivity index (χ0) is 19.2. The summed E-state index contributed by atoms with van der Waals surface area (Å²) >= 11 is 0. The van der Waals surface area contributed by atoms with Crippen LogP contribution < -0.4 is 4.57 Å². The number of hydrogen-bond acceptors (Lipinski definition) is 1. The average Bonchev–Trinajstić information content (AvgIpc) is 2.69. The fourth-order valence-electron chi connectivity index (χ4n) is 3.97. The standard InChI is InChI=1S/C25H23N2/c1-17-13-14-18-9-5-6-10-19(18)24(17)23-15-21(25(2,3)16-26)20-11-7-8-12-22(20)27(23)4/h5-15H,1-4H3/q+1. The molecule has 0 fully saturated rings. The van der Waals surface area contributed by atoms with Gasteiger partial charge in [-0.25, -0.2) is 0 Å². The lowest BCUT2D eigenvalue weighted by atomic mass is 9.82. The monoisotopic (exact) mass is 351 g/mol. The van der Waals surface area contributed by atoms with Crippen molar-refractivity contribution in [1.82, 2.24) is 0 Å². The van der Waals surface area contributed by atoms with Crippen LogP contribution in [-0.2, 0) is 12.5 Å². The van der Waals surface area contributed by atoms with E-state index in [4.69, 9.17) is 0 Å². The van der Waals surface area contributed by atoms with E-state index in [1.165, 1.54) is 21.9 Å². The van der Waals surface area contributed by atoms with Crippen LogP contribution in [0.25, 0.3) is 32.9 Å². The van der Waals surface area contributed by atoms with Crippen molar-refractivity contribution in [2.24, 2.45) is 7.05 Å². The first-order valence-corrected chi connectivity index (χ1v) is 9.26. The highest BCUT2D eigenvalue weighted by atomic mass is 14.9. The van der Waals surface area contributed by atoms with Crippen LogP contribution >= 0.6 is 0 Å². The van der Waals surface area contributed by atoms with Crippen LogP contribution in [-0.4, -0.2) is 0 Å². The second kappa shape index (κ2) is 6.21. The van der Waals surface area contributed by atoms with Crippen LogP contribution in [0.1, 0.15) is 25.0 Å². The number of rotatable bonds is 2. The van der Waals surface area contributed by atoms with Crippen molar-refractivity contribution in [2.45, 2.75) is 26.2 Å². The van der Waals surface area contributed by atoms with E-state index in [2.05, 4.69) is 85.3 Å².